The number of ether oxygens (including phenoxy) is 2. The number of aromatic hydroxyl groups is 1. The fourth-order valence-electron chi connectivity index (χ4n) is 6.27. The van der Waals surface area contributed by atoms with Crippen LogP contribution in [0.1, 0.15) is 32.7 Å². The van der Waals surface area contributed by atoms with Gasteiger partial charge in [0.25, 0.3) is 11.7 Å². The standard InChI is InChI=1S/C27H31N3O10/c1-29(2)14-8-13(21(32)27(37)38)20(31)16-11(14)6-10-7-12-17(25(40-9-39-5)15(10)22(16)33)23(34)18(26(28)36)24(35)19(12)30(3)4/h8,10,12,17,19,31,35H,6-7,9H2,1-5H3,(H2,28,36)(H,37,38). The Labute approximate surface area is 229 Å². The number of phenolic OH excluding ortho intramolecular Hbond substituents is 1. The van der Waals surface area contributed by atoms with Crippen LogP contribution in [0.5, 0.6) is 5.75 Å². The number of Topliss-reactive ketones (excluding diaryl/α,β-unsaturated/α-hetero) is 3. The molecule has 0 aromatic heterocycles. The van der Waals surface area contributed by atoms with Gasteiger partial charge in [0.15, 0.2) is 18.4 Å². The van der Waals surface area contributed by atoms with Gasteiger partial charge in [0, 0.05) is 32.5 Å². The maximum absolute atomic E-state index is 14.2. The number of hydrogen-bond acceptors (Lipinski definition) is 11. The van der Waals surface area contributed by atoms with Crippen LogP contribution in [0, 0.1) is 17.8 Å². The van der Waals surface area contributed by atoms with Gasteiger partial charge in [0.05, 0.1) is 23.1 Å². The highest BCUT2D eigenvalue weighted by atomic mass is 16.7. The molecule has 1 aromatic rings. The number of anilines is 1. The summed E-state index contributed by atoms with van der Waals surface area (Å²) in [6, 6.07) is 0.433. The Morgan fingerprint density at radius 3 is 2.30 bits per heavy atom. The molecule has 4 unspecified atom stereocenters. The second kappa shape index (κ2) is 10.4. The lowest BCUT2D eigenvalue weighted by molar-refractivity contribution is -0.132. The number of amides is 1. The number of carboxylic acids is 1. The Kier molecular flexibility index (Phi) is 7.47. The Hall–Kier alpha value is -4.23. The molecule has 0 aliphatic heterocycles. The first-order valence-corrected chi connectivity index (χ1v) is 12.4. The summed E-state index contributed by atoms with van der Waals surface area (Å²) in [6.45, 7) is -0.358. The summed E-state index contributed by atoms with van der Waals surface area (Å²) in [4.78, 5) is 67.2. The van der Waals surface area contributed by atoms with Gasteiger partial charge >= 0.3 is 5.97 Å². The molecule has 0 spiro atoms. The normalized spacial score (nSPS) is 23.9. The number of likely N-dealkylation sites (N-methyl/N-ethyl adjacent to an activating group) is 1. The largest absolute Gasteiger partial charge is 0.510 e. The van der Waals surface area contributed by atoms with Crippen LogP contribution in [-0.4, -0.2) is 97.6 Å². The van der Waals surface area contributed by atoms with Crippen LogP contribution >= 0.6 is 0 Å². The van der Waals surface area contributed by atoms with E-state index in [1.165, 1.54) is 13.2 Å². The monoisotopic (exact) mass is 557 g/mol. The summed E-state index contributed by atoms with van der Waals surface area (Å²) >= 11 is 0. The van der Waals surface area contributed by atoms with Crippen molar-refractivity contribution >= 4 is 34.9 Å². The molecular formula is C27H31N3O10. The maximum Gasteiger partial charge on any atom is 0.377 e. The zero-order chi connectivity index (χ0) is 29.8. The number of primary amides is 1. The first-order valence-electron chi connectivity index (χ1n) is 12.4. The molecule has 4 rings (SSSR count). The predicted octanol–water partition coefficient (Wildman–Crippen LogP) is 0.402. The smallest absolute Gasteiger partial charge is 0.377 e. The molecule has 214 valence electrons. The molecule has 0 radical (unpaired) electrons. The highest BCUT2D eigenvalue weighted by Gasteiger charge is 2.55. The molecule has 1 aromatic carbocycles. The van der Waals surface area contributed by atoms with Crippen molar-refractivity contribution in [3.8, 4) is 5.75 Å². The summed E-state index contributed by atoms with van der Waals surface area (Å²) in [5, 5.41) is 31.3. The number of phenols is 1. The van der Waals surface area contributed by atoms with Crippen molar-refractivity contribution in [1.82, 2.24) is 4.90 Å². The minimum absolute atomic E-state index is 0.0433. The van der Waals surface area contributed by atoms with Crippen molar-refractivity contribution in [3.63, 3.8) is 0 Å². The number of methoxy groups -OCH3 is 1. The third kappa shape index (κ3) is 4.31. The molecule has 3 aliphatic rings. The van der Waals surface area contributed by atoms with Crippen LogP contribution < -0.4 is 10.6 Å². The van der Waals surface area contributed by atoms with Gasteiger partial charge in [-0.2, -0.15) is 0 Å². The lowest BCUT2D eigenvalue weighted by Gasteiger charge is -2.47. The highest BCUT2D eigenvalue weighted by Crippen LogP contribution is 2.52. The molecule has 3 aliphatic carbocycles. The summed E-state index contributed by atoms with van der Waals surface area (Å²) in [5.74, 6) is -9.56. The quantitative estimate of drug-likeness (QED) is 0.149. The maximum atomic E-state index is 14.2. The van der Waals surface area contributed by atoms with E-state index >= 15 is 0 Å². The van der Waals surface area contributed by atoms with Gasteiger partial charge in [-0.3, -0.25) is 24.1 Å². The van der Waals surface area contributed by atoms with Gasteiger partial charge in [-0.15, -0.1) is 0 Å². The van der Waals surface area contributed by atoms with Crippen molar-refractivity contribution in [1.29, 1.82) is 0 Å². The van der Waals surface area contributed by atoms with E-state index < -0.39 is 75.7 Å². The number of hydrogen-bond donors (Lipinski definition) is 4. The molecule has 0 saturated heterocycles. The van der Waals surface area contributed by atoms with Gasteiger partial charge in [0.1, 0.15) is 22.8 Å². The second-order valence-corrected chi connectivity index (χ2v) is 10.5. The van der Waals surface area contributed by atoms with E-state index in [1.54, 1.807) is 38.0 Å². The molecule has 13 heteroatoms. The zero-order valence-electron chi connectivity index (χ0n) is 22.7. The average molecular weight is 558 g/mol. The number of allylic oxidation sites excluding steroid dienone is 2. The SMILES string of the molecule is COCOC1=C2C(=O)c3c(O)c(C(=O)C(=O)O)cc(N(C)C)c3CC2CC2C1C(=O)C(C(N)=O)=C(O)C2N(C)C. The van der Waals surface area contributed by atoms with Crippen LogP contribution in [0.3, 0.4) is 0 Å². The molecule has 5 N–H and O–H groups in total. The molecule has 13 nitrogen and oxygen atoms in total. The number of carbonyl (C=O) groups is 5. The fourth-order valence-corrected chi connectivity index (χ4v) is 6.27. The molecule has 1 amide bonds. The van der Waals surface area contributed by atoms with Gasteiger partial charge in [-0.05, 0) is 50.4 Å². The Morgan fingerprint density at radius 2 is 1.77 bits per heavy atom. The number of aliphatic hydroxyl groups is 1. The van der Waals surface area contributed by atoms with Crippen LogP contribution in [0.25, 0.3) is 0 Å². The fraction of sp³-hybridized carbons (Fsp3) is 0.444. The number of aliphatic carboxylic acids is 1. The van der Waals surface area contributed by atoms with Crippen molar-refractivity contribution in [2.45, 2.75) is 18.9 Å². The molecule has 0 heterocycles. The van der Waals surface area contributed by atoms with Crippen molar-refractivity contribution in [2.75, 3.05) is 47.0 Å². The van der Waals surface area contributed by atoms with Gasteiger partial charge in [-0.25, -0.2) is 4.79 Å². The van der Waals surface area contributed by atoms with Crippen LogP contribution in [0.2, 0.25) is 0 Å². The Bertz CT molecular complexity index is 1410. The Balaban J connectivity index is 2.02. The predicted molar refractivity (Wildman–Crippen MR) is 139 cm³/mol. The minimum atomic E-state index is -1.81. The topological polar surface area (TPSA) is 197 Å². The number of benzene rings is 1. The molecule has 4 atom stereocenters. The molecular weight excluding hydrogens is 526 g/mol. The first kappa shape index (κ1) is 28.8. The van der Waals surface area contributed by atoms with E-state index in [0.717, 1.165) is 0 Å². The summed E-state index contributed by atoms with van der Waals surface area (Å²) in [6.07, 6.45) is 0.392. The van der Waals surface area contributed by atoms with E-state index in [0.29, 0.717) is 11.3 Å². The van der Waals surface area contributed by atoms with E-state index in [1.807, 2.05) is 0 Å². The Morgan fingerprint density at radius 1 is 1.12 bits per heavy atom. The molecule has 0 saturated carbocycles. The lowest BCUT2D eigenvalue weighted by atomic mass is 9.60. The number of fused-ring (bicyclic) bond motifs is 3. The van der Waals surface area contributed by atoms with E-state index in [-0.39, 0.29) is 36.5 Å². The third-order valence-electron chi connectivity index (χ3n) is 7.77. The average Bonchev–Trinajstić information content (AvgIpc) is 2.85. The van der Waals surface area contributed by atoms with Crippen molar-refractivity contribution in [2.24, 2.45) is 23.5 Å². The summed E-state index contributed by atoms with van der Waals surface area (Å²) < 4.78 is 10.9. The number of carboxylic acid groups (broad SMARTS) is 1. The number of ketones is 3. The van der Waals surface area contributed by atoms with Gasteiger partial charge < -0.3 is 35.4 Å². The van der Waals surface area contributed by atoms with Crippen LogP contribution in [-0.2, 0) is 30.3 Å². The minimum Gasteiger partial charge on any atom is -0.510 e. The summed E-state index contributed by atoms with van der Waals surface area (Å²) in [7, 11) is 7.98. The number of carbonyl (C=O) groups excluding carboxylic acids is 4. The second-order valence-electron chi connectivity index (χ2n) is 10.5. The zero-order valence-corrected chi connectivity index (χ0v) is 22.7. The molecule has 0 fully saturated rings. The summed E-state index contributed by atoms with van der Waals surface area (Å²) in [5.41, 5.74) is 4.87. The first-order chi connectivity index (χ1) is 18.7. The number of rotatable bonds is 8. The van der Waals surface area contributed by atoms with E-state index in [9.17, 15) is 39.3 Å². The van der Waals surface area contributed by atoms with Crippen LogP contribution in [0.4, 0.5) is 5.69 Å². The van der Waals surface area contributed by atoms with E-state index in [4.69, 9.17) is 15.2 Å². The van der Waals surface area contributed by atoms with Gasteiger partial charge in [-0.1, -0.05) is 0 Å². The van der Waals surface area contributed by atoms with E-state index in [2.05, 4.69) is 0 Å². The lowest BCUT2D eigenvalue weighted by Crippen LogP contribution is -2.53. The number of aliphatic hydroxyl groups excluding tert-OH is 1. The number of nitrogens with two attached hydrogens (primary N) is 1. The third-order valence-corrected chi connectivity index (χ3v) is 7.77. The molecule has 0 bridgehead atoms. The van der Waals surface area contributed by atoms with Gasteiger partial charge in [0.2, 0.25) is 0 Å². The highest BCUT2D eigenvalue weighted by molar-refractivity contribution is 6.41. The van der Waals surface area contributed by atoms with Crippen molar-refractivity contribution in [3.05, 3.63) is 45.4 Å². The van der Waals surface area contributed by atoms with Crippen LogP contribution in [0.15, 0.2) is 28.7 Å². The van der Waals surface area contributed by atoms with Crippen molar-refractivity contribution < 1.29 is 48.8 Å². The number of nitrogens with zero attached hydrogens (tertiary/aromatic N) is 2. The molecule has 40 heavy (non-hydrogen) atoms.